The lowest BCUT2D eigenvalue weighted by atomic mass is 10.2. The molecule has 0 saturated heterocycles. The molecule has 0 bridgehead atoms. The van der Waals surface area contributed by atoms with Gasteiger partial charge in [0.15, 0.2) is 0 Å². The van der Waals surface area contributed by atoms with Crippen molar-refractivity contribution < 1.29 is 4.39 Å². The molecule has 1 aromatic carbocycles. The van der Waals surface area contributed by atoms with Crippen molar-refractivity contribution in [1.29, 1.82) is 0 Å². The first-order valence-corrected chi connectivity index (χ1v) is 3.58. The molecule has 2 nitrogen and oxygen atoms in total. The molecule has 1 aromatic heterocycles. The van der Waals surface area contributed by atoms with Gasteiger partial charge in [0.2, 0.25) is 0 Å². The van der Waals surface area contributed by atoms with E-state index in [0.29, 0.717) is 11.3 Å². The van der Waals surface area contributed by atoms with Crippen molar-refractivity contribution in [3.63, 3.8) is 0 Å². The van der Waals surface area contributed by atoms with Gasteiger partial charge in [-0.15, -0.1) is 0 Å². The second-order valence-electron chi connectivity index (χ2n) is 2.55. The molecule has 0 spiro atoms. The van der Waals surface area contributed by atoms with Crippen LogP contribution in [0.15, 0.2) is 30.3 Å². The Morgan fingerprint density at radius 2 is 2.00 bits per heavy atom. The molecule has 3 heteroatoms. The van der Waals surface area contributed by atoms with E-state index in [4.69, 9.17) is 5.73 Å². The Hall–Kier alpha value is -1.64. The van der Waals surface area contributed by atoms with Gasteiger partial charge >= 0.3 is 0 Å². The number of hydrogen-bond donors (Lipinski definition) is 1. The van der Waals surface area contributed by atoms with Crippen LogP contribution in [-0.2, 0) is 0 Å². The molecule has 2 rings (SSSR count). The number of rotatable bonds is 0. The minimum Gasteiger partial charge on any atom is -0.384 e. The maximum atomic E-state index is 13.0. The number of aromatic nitrogens is 1. The number of nitrogens with zero attached hydrogens (tertiary/aromatic N) is 1. The number of hydrogen-bond acceptors (Lipinski definition) is 2. The second kappa shape index (κ2) is 2.44. The van der Waals surface area contributed by atoms with E-state index < -0.39 is 0 Å². The molecule has 0 aliphatic rings. The zero-order chi connectivity index (χ0) is 8.55. The number of halogens is 1. The molecule has 2 aromatic rings. The zero-order valence-corrected chi connectivity index (χ0v) is 6.29. The fraction of sp³-hybridized carbons (Fsp3) is 0. The normalized spacial score (nSPS) is 10.4. The zero-order valence-electron chi connectivity index (χ0n) is 6.29. The lowest BCUT2D eigenvalue weighted by molar-refractivity contribution is 0.637. The summed E-state index contributed by atoms with van der Waals surface area (Å²) in [5.74, 6) is 0.00685. The highest BCUT2D eigenvalue weighted by atomic mass is 19.1. The summed E-state index contributed by atoms with van der Waals surface area (Å²) in [5, 5.41) is 0.768. The van der Waals surface area contributed by atoms with E-state index in [1.807, 2.05) is 0 Å². The standard InChI is InChI=1S/C9H7FN2/c10-7-3-1-2-6-4-5-8(11)12-9(6)7/h1-5H,(H2,11,12). The number of nitrogen functional groups attached to an aromatic ring is 1. The van der Waals surface area contributed by atoms with E-state index in [1.54, 1.807) is 24.3 Å². The Morgan fingerprint density at radius 3 is 2.83 bits per heavy atom. The predicted molar refractivity (Wildman–Crippen MR) is 46.1 cm³/mol. The van der Waals surface area contributed by atoms with E-state index >= 15 is 0 Å². The lowest BCUT2D eigenvalue weighted by Gasteiger charge is -1.98. The molecular weight excluding hydrogens is 155 g/mol. The van der Waals surface area contributed by atoms with Gasteiger partial charge in [-0.2, -0.15) is 0 Å². The van der Waals surface area contributed by atoms with Crippen molar-refractivity contribution in [2.24, 2.45) is 0 Å². The van der Waals surface area contributed by atoms with Crippen LogP contribution in [0.4, 0.5) is 10.2 Å². The van der Waals surface area contributed by atoms with Gasteiger partial charge in [-0.1, -0.05) is 12.1 Å². The van der Waals surface area contributed by atoms with Crippen molar-refractivity contribution in [3.05, 3.63) is 36.1 Å². The molecule has 12 heavy (non-hydrogen) atoms. The van der Waals surface area contributed by atoms with E-state index in [-0.39, 0.29) is 5.82 Å². The number of benzene rings is 1. The van der Waals surface area contributed by atoms with Crippen molar-refractivity contribution in [3.8, 4) is 0 Å². The monoisotopic (exact) mass is 162 g/mol. The summed E-state index contributed by atoms with van der Waals surface area (Å²) >= 11 is 0. The van der Waals surface area contributed by atoms with Crippen LogP contribution in [0.1, 0.15) is 0 Å². The smallest absolute Gasteiger partial charge is 0.149 e. The molecule has 0 unspecified atom stereocenters. The Morgan fingerprint density at radius 1 is 1.17 bits per heavy atom. The topological polar surface area (TPSA) is 38.9 Å². The molecule has 0 atom stereocenters. The molecule has 0 aliphatic heterocycles. The molecule has 1 heterocycles. The van der Waals surface area contributed by atoms with Gasteiger partial charge in [0.1, 0.15) is 17.2 Å². The summed E-state index contributed by atoms with van der Waals surface area (Å²) in [4.78, 5) is 3.88. The first-order valence-electron chi connectivity index (χ1n) is 3.58. The third-order valence-corrected chi connectivity index (χ3v) is 1.69. The van der Waals surface area contributed by atoms with Crippen LogP contribution < -0.4 is 5.73 Å². The van der Waals surface area contributed by atoms with Gasteiger partial charge in [-0.3, -0.25) is 0 Å². The predicted octanol–water partition coefficient (Wildman–Crippen LogP) is 1.96. The summed E-state index contributed by atoms with van der Waals surface area (Å²) in [6, 6.07) is 8.22. The average molecular weight is 162 g/mol. The quantitative estimate of drug-likeness (QED) is 0.643. The largest absolute Gasteiger partial charge is 0.384 e. The number of fused-ring (bicyclic) bond motifs is 1. The maximum Gasteiger partial charge on any atom is 0.149 e. The van der Waals surface area contributed by atoms with Crippen molar-refractivity contribution in [2.45, 2.75) is 0 Å². The number of pyridine rings is 1. The average Bonchev–Trinajstić information content (AvgIpc) is 2.07. The van der Waals surface area contributed by atoms with Crippen molar-refractivity contribution in [2.75, 3.05) is 5.73 Å². The van der Waals surface area contributed by atoms with Crippen molar-refractivity contribution >= 4 is 16.7 Å². The van der Waals surface area contributed by atoms with Gasteiger partial charge in [-0.25, -0.2) is 9.37 Å². The number of anilines is 1. The first kappa shape index (κ1) is 7.03. The summed E-state index contributed by atoms with van der Waals surface area (Å²) in [5.41, 5.74) is 5.75. The van der Waals surface area contributed by atoms with Crippen LogP contribution in [0.5, 0.6) is 0 Å². The Bertz CT molecular complexity index is 426. The molecule has 0 amide bonds. The van der Waals surface area contributed by atoms with E-state index in [2.05, 4.69) is 4.98 Å². The minimum absolute atomic E-state index is 0.331. The highest BCUT2D eigenvalue weighted by molar-refractivity contribution is 5.80. The van der Waals surface area contributed by atoms with Crippen LogP contribution in [0.25, 0.3) is 10.9 Å². The molecule has 2 N–H and O–H groups in total. The summed E-state index contributed by atoms with van der Waals surface area (Å²) in [6.45, 7) is 0. The fourth-order valence-corrected chi connectivity index (χ4v) is 1.13. The van der Waals surface area contributed by atoms with Crippen LogP contribution >= 0.6 is 0 Å². The lowest BCUT2D eigenvalue weighted by Crippen LogP contribution is -1.91. The van der Waals surface area contributed by atoms with Crippen LogP contribution in [0, 0.1) is 5.82 Å². The van der Waals surface area contributed by atoms with Gasteiger partial charge < -0.3 is 5.73 Å². The number of para-hydroxylation sites is 1. The Kier molecular flexibility index (Phi) is 1.43. The van der Waals surface area contributed by atoms with Gasteiger partial charge in [0, 0.05) is 5.39 Å². The molecule has 0 radical (unpaired) electrons. The van der Waals surface area contributed by atoms with E-state index in [1.165, 1.54) is 6.07 Å². The molecule has 0 aliphatic carbocycles. The second-order valence-corrected chi connectivity index (χ2v) is 2.55. The summed E-state index contributed by atoms with van der Waals surface area (Å²) in [6.07, 6.45) is 0. The minimum atomic E-state index is -0.334. The maximum absolute atomic E-state index is 13.0. The Labute approximate surface area is 68.8 Å². The molecule has 0 fully saturated rings. The molecule has 0 saturated carbocycles. The van der Waals surface area contributed by atoms with E-state index in [0.717, 1.165) is 5.39 Å². The molecular formula is C9H7FN2. The molecule has 60 valence electrons. The SMILES string of the molecule is Nc1ccc2cccc(F)c2n1. The Balaban J connectivity index is 2.88. The summed E-state index contributed by atoms with van der Waals surface area (Å²) < 4.78 is 13.0. The van der Waals surface area contributed by atoms with Crippen LogP contribution in [0.2, 0.25) is 0 Å². The van der Waals surface area contributed by atoms with Gasteiger partial charge in [0.25, 0.3) is 0 Å². The first-order chi connectivity index (χ1) is 5.77. The summed E-state index contributed by atoms with van der Waals surface area (Å²) in [7, 11) is 0. The van der Waals surface area contributed by atoms with Gasteiger partial charge in [0.05, 0.1) is 0 Å². The van der Waals surface area contributed by atoms with Crippen LogP contribution in [0.3, 0.4) is 0 Å². The fourth-order valence-electron chi connectivity index (χ4n) is 1.13. The highest BCUT2D eigenvalue weighted by Gasteiger charge is 2.00. The van der Waals surface area contributed by atoms with Gasteiger partial charge in [-0.05, 0) is 18.2 Å². The third-order valence-electron chi connectivity index (χ3n) is 1.69. The van der Waals surface area contributed by atoms with Crippen molar-refractivity contribution in [1.82, 2.24) is 4.98 Å². The highest BCUT2D eigenvalue weighted by Crippen LogP contribution is 2.16. The third kappa shape index (κ3) is 0.993. The van der Waals surface area contributed by atoms with Crippen LogP contribution in [-0.4, -0.2) is 4.98 Å². The number of nitrogens with two attached hydrogens (primary N) is 1. The van der Waals surface area contributed by atoms with E-state index in [9.17, 15) is 4.39 Å².